The summed E-state index contributed by atoms with van der Waals surface area (Å²) in [7, 11) is 0. The van der Waals surface area contributed by atoms with E-state index < -0.39 is 5.54 Å². The highest BCUT2D eigenvalue weighted by Crippen LogP contribution is 2.32. The predicted octanol–water partition coefficient (Wildman–Crippen LogP) is 1.58. The van der Waals surface area contributed by atoms with Crippen LogP contribution in [0.4, 0.5) is 0 Å². The van der Waals surface area contributed by atoms with Crippen LogP contribution in [0.5, 0.6) is 0 Å². The van der Waals surface area contributed by atoms with E-state index in [1.165, 1.54) is 12.8 Å². The van der Waals surface area contributed by atoms with Crippen molar-refractivity contribution in [1.29, 1.82) is 0 Å². The fourth-order valence-electron chi connectivity index (χ4n) is 1.39. The van der Waals surface area contributed by atoms with Gasteiger partial charge in [0.25, 0.3) is 5.89 Å². The van der Waals surface area contributed by atoms with Crippen LogP contribution in [0.3, 0.4) is 0 Å². The van der Waals surface area contributed by atoms with Crippen molar-refractivity contribution in [3.63, 3.8) is 0 Å². The van der Waals surface area contributed by atoms with Gasteiger partial charge in [0.2, 0.25) is 0 Å². The second-order valence-corrected chi connectivity index (χ2v) is 5.02. The van der Waals surface area contributed by atoms with E-state index in [1.54, 1.807) is 0 Å². The van der Waals surface area contributed by atoms with Crippen molar-refractivity contribution >= 4 is 0 Å². The maximum absolute atomic E-state index is 5.85. The number of hydrogen-bond acceptors (Lipinski definition) is 5. The third kappa shape index (κ3) is 3.28. The van der Waals surface area contributed by atoms with Crippen LogP contribution in [-0.2, 0) is 16.9 Å². The van der Waals surface area contributed by atoms with Crippen molar-refractivity contribution in [2.24, 2.45) is 11.7 Å². The molecule has 0 bridgehead atoms. The molecule has 2 rings (SSSR count). The van der Waals surface area contributed by atoms with E-state index in [1.807, 2.05) is 13.8 Å². The van der Waals surface area contributed by atoms with Gasteiger partial charge in [-0.15, -0.1) is 0 Å². The zero-order valence-corrected chi connectivity index (χ0v) is 9.90. The smallest absolute Gasteiger partial charge is 0.252 e. The Kier molecular flexibility index (Phi) is 3.25. The summed E-state index contributed by atoms with van der Waals surface area (Å²) in [6.07, 6.45) is 3.86. The maximum atomic E-state index is 5.85. The molecular weight excluding hydrogens is 206 g/mol. The van der Waals surface area contributed by atoms with Crippen molar-refractivity contribution in [3.8, 4) is 0 Å². The third-order valence-electron chi connectivity index (χ3n) is 2.64. The van der Waals surface area contributed by atoms with E-state index in [-0.39, 0.29) is 0 Å². The summed E-state index contributed by atoms with van der Waals surface area (Å²) in [4.78, 5) is 4.19. The fraction of sp³-hybridized carbons (Fsp3) is 0.818. The van der Waals surface area contributed by atoms with Gasteiger partial charge in [0.15, 0.2) is 5.82 Å². The standard InChI is InChI=1S/C11H19N3O2/c1-11(2,12)10-13-9(16-14-10)7-15-6-5-8-3-4-8/h8H,3-7,12H2,1-2H3. The Morgan fingerprint density at radius 3 is 2.81 bits per heavy atom. The number of aromatic nitrogens is 2. The molecule has 1 aliphatic rings. The van der Waals surface area contributed by atoms with Gasteiger partial charge in [-0.1, -0.05) is 18.0 Å². The van der Waals surface area contributed by atoms with Crippen molar-refractivity contribution in [3.05, 3.63) is 11.7 Å². The average Bonchev–Trinajstić information content (AvgIpc) is 2.88. The summed E-state index contributed by atoms with van der Waals surface area (Å²) in [6.45, 7) is 4.84. The van der Waals surface area contributed by atoms with Crippen LogP contribution in [0, 0.1) is 5.92 Å². The molecule has 2 N–H and O–H groups in total. The zero-order valence-electron chi connectivity index (χ0n) is 9.90. The van der Waals surface area contributed by atoms with E-state index in [4.69, 9.17) is 15.0 Å². The van der Waals surface area contributed by atoms with E-state index >= 15 is 0 Å². The maximum Gasteiger partial charge on any atom is 0.252 e. The number of hydrogen-bond donors (Lipinski definition) is 1. The molecule has 90 valence electrons. The number of ether oxygens (including phenoxy) is 1. The number of nitrogens with zero attached hydrogens (tertiary/aromatic N) is 2. The minimum absolute atomic E-state index is 0.385. The summed E-state index contributed by atoms with van der Waals surface area (Å²) in [6, 6.07) is 0. The highest BCUT2D eigenvalue weighted by molar-refractivity contribution is 4.98. The molecule has 1 saturated carbocycles. The Morgan fingerprint density at radius 1 is 1.50 bits per heavy atom. The molecule has 5 nitrogen and oxygen atoms in total. The summed E-state index contributed by atoms with van der Waals surface area (Å²) in [5.41, 5.74) is 5.29. The van der Waals surface area contributed by atoms with E-state index in [0.717, 1.165) is 18.9 Å². The molecule has 1 heterocycles. The SMILES string of the molecule is CC(C)(N)c1noc(COCCC2CC2)n1. The van der Waals surface area contributed by atoms with E-state index in [0.29, 0.717) is 18.3 Å². The first-order valence-corrected chi connectivity index (χ1v) is 5.75. The van der Waals surface area contributed by atoms with Crippen LogP contribution in [0.25, 0.3) is 0 Å². The lowest BCUT2D eigenvalue weighted by atomic mass is 10.1. The largest absolute Gasteiger partial charge is 0.372 e. The topological polar surface area (TPSA) is 74.2 Å². The molecule has 0 aliphatic heterocycles. The Morgan fingerprint density at radius 2 is 2.25 bits per heavy atom. The first-order chi connectivity index (χ1) is 7.55. The van der Waals surface area contributed by atoms with Gasteiger partial charge in [0, 0.05) is 6.61 Å². The van der Waals surface area contributed by atoms with Crippen LogP contribution >= 0.6 is 0 Å². The predicted molar refractivity (Wildman–Crippen MR) is 58.5 cm³/mol. The average molecular weight is 225 g/mol. The molecule has 1 aromatic rings. The number of nitrogens with two attached hydrogens (primary N) is 1. The second-order valence-electron chi connectivity index (χ2n) is 5.02. The zero-order chi connectivity index (χ0) is 11.6. The van der Waals surface area contributed by atoms with Crippen molar-refractivity contribution in [1.82, 2.24) is 10.1 Å². The van der Waals surface area contributed by atoms with Crippen molar-refractivity contribution in [2.45, 2.75) is 45.3 Å². The van der Waals surface area contributed by atoms with Crippen LogP contribution in [0.1, 0.15) is 44.8 Å². The van der Waals surface area contributed by atoms with E-state index in [2.05, 4.69) is 10.1 Å². The van der Waals surface area contributed by atoms with Crippen LogP contribution in [0.15, 0.2) is 4.52 Å². The van der Waals surface area contributed by atoms with Gasteiger partial charge >= 0.3 is 0 Å². The molecule has 0 spiro atoms. The summed E-state index contributed by atoms with van der Waals surface area (Å²) < 4.78 is 10.5. The van der Waals surface area contributed by atoms with Crippen molar-refractivity contribution in [2.75, 3.05) is 6.61 Å². The summed E-state index contributed by atoms with van der Waals surface area (Å²) in [5.74, 6) is 1.92. The molecule has 16 heavy (non-hydrogen) atoms. The Hall–Kier alpha value is -0.940. The van der Waals surface area contributed by atoms with Gasteiger partial charge in [-0.05, 0) is 26.2 Å². The molecular formula is C11H19N3O2. The van der Waals surface area contributed by atoms with Crippen LogP contribution in [-0.4, -0.2) is 16.7 Å². The molecule has 0 unspecified atom stereocenters. The lowest BCUT2D eigenvalue weighted by Gasteiger charge is -2.11. The minimum Gasteiger partial charge on any atom is -0.372 e. The van der Waals surface area contributed by atoms with Crippen LogP contribution < -0.4 is 5.73 Å². The monoisotopic (exact) mass is 225 g/mol. The summed E-state index contributed by atoms with van der Waals surface area (Å²) >= 11 is 0. The second kappa shape index (κ2) is 4.51. The molecule has 5 heteroatoms. The lowest BCUT2D eigenvalue weighted by Crippen LogP contribution is -2.30. The van der Waals surface area contributed by atoms with Crippen LogP contribution in [0.2, 0.25) is 0 Å². The Balaban J connectivity index is 1.73. The minimum atomic E-state index is -0.560. The molecule has 1 aromatic heterocycles. The van der Waals surface area contributed by atoms with Gasteiger partial charge in [-0.3, -0.25) is 0 Å². The molecule has 0 aromatic carbocycles. The lowest BCUT2D eigenvalue weighted by molar-refractivity contribution is 0.0928. The normalized spacial score (nSPS) is 16.7. The summed E-state index contributed by atoms with van der Waals surface area (Å²) in [5, 5.41) is 3.82. The quantitative estimate of drug-likeness (QED) is 0.744. The van der Waals surface area contributed by atoms with Gasteiger partial charge in [0.1, 0.15) is 6.61 Å². The molecule has 0 atom stereocenters. The first kappa shape index (κ1) is 11.5. The van der Waals surface area contributed by atoms with E-state index in [9.17, 15) is 0 Å². The molecule has 0 amide bonds. The van der Waals surface area contributed by atoms with Crippen molar-refractivity contribution < 1.29 is 9.26 Å². The molecule has 1 fully saturated rings. The third-order valence-corrected chi connectivity index (χ3v) is 2.64. The van der Waals surface area contributed by atoms with Gasteiger partial charge in [0.05, 0.1) is 5.54 Å². The van der Waals surface area contributed by atoms with Gasteiger partial charge in [-0.2, -0.15) is 4.98 Å². The highest BCUT2D eigenvalue weighted by Gasteiger charge is 2.22. The van der Waals surface area contributed by atoms with Gasteiger partial charge in [-0.25, -0.2) is 0 Å². The number of rotatable bonds is 6. The molecule has 1 aliphatic carbocycles. The fourth-order valence-corrected chi connectivity index (χ4v) is 1.39. The highest BCUT2D eigenvalue weighted by atomic mass is 16.5. The Bertz CT molecular complexity index is 339. The van der Waals surface area contributed by atoms with Gasteiger partial charge < -0.3 is 15.0 Å². The first-order valence-electron chi connectivity index (χ1n) is 5.75. The molecule has 0 radical (unpaired) electrons. The molecule has 0 saturated heterocycles. The Labute approximate surface area is 95.3 Å².